The van der Waals surface area contributed by atoms with Gasteiger partial charge in [0, 0.05) is 24.3 Å². The lowest BCUT2D eigenvalue weighted by Crippen LogP contribution is -2.39. The first-order valence-corrected chi connectivity index (χ1v) is 5.87. The van der Waals surface area contributed by atoms with E-state index in [0.717, 1.165) is 6.54 Å². The highest BCUT2D eigenvalue weighted by Gasteiger charge is 2.20. The van der Waals surface area contributed by atoms with Crippen LogP contribution >= 0.6 is 0 Å². The van der Waals surface area contributed by atoms with Gasteiger partial charge in [-0.25, -0.2) is 0 Å². The van der Waals surface area contributed by atoms with Gasteiger partial charge >= 0.3 is 0 Å². The highest BCUT2D eigenvalue weighted by atomic mass is 16.3. The van der Waals surface area contributed by atoms with Crippen LogP contribution in [0, 0.1) is 0 Å². The highest BCUT2D eigenvalue weighted by Crippen LogP contribution is 2.28. The number of piperidine rings is 1. The van der Waals surface area contributed by atoms with Crippen molar-refractivity contribution >= 4 is 5.69 Å². The summed E-state index contributed by atoms with van der Waals surface area (Å²) in [5.41, 5.74) is 1.17. The Morgan fingerprint density at radius 2 is 2.27 bits per heavy atom. The molecule has 0 amide bonds. The molecule has 0 aromatic heterocycles. The number of nitrogens with zero attached hydrogens (tertiary/aromatic N) is 1. The third-order valence-electron chi connectivity index (χ3n) is 3.26. The second kappa shape index (κ2) is 4.56. The van der Waals surface area contributed by atoms with E-state index in [4.69, 9.17) is 0 Å². The fourth-order valence-electron chi connectivity index (χ4n) is 2.44. The molecular formula is C13H19NO. The minimum absolute atomic E-state index is 0.368. The molecule has 1 aliphatic heterocycles. The second-order valence-electron chi connectivity index (χ2n) is 4.27. The molecule has 2 rings (SSSR count). The van der Waals surface area contributed by atoms with Crippen molar-refractivity contribution < 1.29 is 5.11 Å². The zero-order valence-electron chi connectivity index (χ0n) is 9.32. The Morgan fingerprint density at radius 1 is 1.40 bits per heavy atom. The number of hydrogen-bond acceptors (Lipinski definition) is 2. The van der Waals surface area contributed by atoms with Gasteiger partial charge in [-0.15, -0.1) is 0 Å². The van der Waals surface area contributed by atoms with Crippen LogP contribution < -0.4 is 4.90 Å². The number of phenolic OH excluding ortho intramolecular Hbond substituents is 1. The summed E-state index contributed by atoms with van der Waals surface area (Å²) in [5.74, 6) is 0.368. The van der Waals surface area contributed by atoms with Crippen LogP contribution in [0.15, 0.2) is 24.3 Å². The summed E-state index contributed by atoms with van der Waals surface area (Å²) < 4.78 is 0. The number of aromatic hydroxyl groups is 1. The monoisotopic (exact) mass is 205 g/mol. The average molecular weight is 205 g/mol. The molecule has 0 bridgehead atoms. The maximum Gasteiger partial charge on any atom is 0.117 e. The van der Waals surface area contributed by atoms with E-state index in [-0.39, 0.29) is 0 Å². The predicted molar refractivity (Wildman–Crippen MR) is 63.4 cm³/mol. The van der Waals surface area contributed by atoms with Crippen LogP contribution in [-0.2, 0) is 0 Å². The fourth-order valence-corrected chi connectivity index (χ4v) is 2.44. The first-order chi connectivity index (χ1) is 7.31. The van der Waals surface area contributed by atoms with Crippen LogP contribution in [0.5, 0.6) is 5.75 Å². The maximum absolute atomic E-state index is 9.48. The number of benzene rings is 1. The number of hydrogen-bond donors (Lipinski definition) is 1. The van der Waals surface area contributed by atoms with Crippen LogP contribution in [0.4, 0.5) is 5.69 Å². The van der Waals surface area contributed by atoms with Gasteiger partial charge in [0.1, 0.15) is 5.75 Å². The number of phenols is 1. The first kappa shape index (κ1) is 10.3. The number of rotatable bonds is 2. The summed E-state index contributed by atoms with van der Waals surface area (Å²) in [7, 11) is 0. The van der Waals surface area contributed by atoms with Crippen molar-refractivity contribution in [2.75, 3.05) is 11.4 Å². The van der Waals surface area contributed by atoms with E-state index in [0.29, 0.717) is 11.8 Å². The van der Waals surface area contributed by atoms with Crippen LogP contribution in [0.3, 0.4) is 0 Å². The van der Waals surface area contributed by atoms with Crippen LogP contribution in [0.25, 0.3) is 0 Å². The molecular weight excluding hydrogens is 186 g/mol. The molecule has 1 aromatic rings. The summed E-state index contributed by atoms with van der Waals surface area (Å²) in [6, 6.07) is 8.27. The first-order valence-electron chi connectivity index (χ1n) is 5.87. The van der Waals surface area contributed by atoms with Crippen molar-refractivity contribution in [3.8, 4) is 5.75 Å². The third-order valence-corrected chi connectivity index (χ3v) is 3.26. The average Bonchev–Trinajstić information content (AvgIpc) is 2.29. The van der Waals surface area contributed by atoms with E-state index in [1.807, 2.05) is 12.1 Å². The van der Waals surface area contributed by atoms with Crippen molar-refractivity contribution in [1.29, 1.82) is 0 Å². The minimum Gasteiger partial charge on any atom is -0.508 e. The molecule has 2 heteroatoms. The Bertz CT molecular complexity index is 324. The maximum atomic E-state index is 9.48. The molecule has 1 heterocycles. The van der Waals surface area contributed by atoms with E-state index < -0.39 is 0 Å². The Labute approximate surface area is 91.5 Å². The summed E-state index contributed by atoms with van der Waals surface area (Å²) in [5, 5.41) is 9.48. The molecule has 1 fully saturated rings. The van der Waals surface area contributed by atoms with E-state index >= 15 is 0 Å². The Balaban J connectivity index is 2.20. The molecule has 0 aliphatic carbocycles. The molecule has 1 saturated heterocycles. The SMILES string of the molecule is CCC1CCCCN1c1cccc(O)c1. The van der Waals surface area contributed by atoms with E-state index in [1.54, 1.807) is 6.07 Å². The lowest BCUT2D eigenvalue weighted by atomic mass is 9.99. The lowest BCUT2D eigenvalue weighted by molar-refractivity contribution is 0.447. The Morgan fingerprint density at radius 3 is 3.00 bits per heavy atom. The van der Waals surface area contributed by atoms with Gasteiger partial charge in [0.15, 0.2) is 0 Å². The summed E-state index contributed by atoms with van der Waals surface area (Å²) in [6.45, 7) is 3.37. The van der Waals surface area contributed by atoms with E-state index in [2.05, 4.69) is 17.9 Å². The minimum atomic E-state index is 0.368. The Hall–Kier alpha value is -1.18. The zero-order chi connectivity index (χ0) is 10.7. The summed E-state index contributed by atoms with van der Waals surface area (Å²) in [6.07, 6.45) is 5.09. The molecule has 1 N–H and O–H groups in total. The lowest BCUT2D eigenvalue weighted by Gasteiger charge is -2.37. The summed E-state index contributed by atoms with van der Waals surface area (Å²) >= 11 is 0. The smallest absolute Gasteiger partial charge is 0.117 e. The van der Waals surface area contributed by atoms with Gasteiger partial charge < -0.3 is 10.0 Å². The molecule has 82 valence electrons. The van der Waals surface area contributed by atoms with E-state index in [9.17, 15) is 5.11 Å². The topological polar surface area (TPSA) is 23.5 Å². The molecule has 0 saturated carbocycles. The van der Waals surface area contributed by atoms with Crippen molar-refractivity contribution in [2.45, 2.75) is 38.6 Å². The molecule has 1 aromatic carbocycles. The van der Waals surface area contributed by atoms with Gasteiger partial charge in [0.25, 0.3) is 0 Å². The van der Waals surface area contributed by atoms with Gasteiger partial charge in [0.05, 0.1) is 0 Å². The van der Waals surface area contributed by atoms with Gasteiger partial charge in [-0.1, -0.05) is 13.0 Å². The van der Waals surface area contributed by atoms with Crippen LogP contribution in [0.1, 0.15) is 32.6 Å². The van der Waals surface area contributed by atoms with Crippen molar-refractivity contribution in [1.82, 2.24) is 0 Å². The van der Waals surface area contributed by atoms with Crippen molar-refractivity contribution in [3.63, 3.8) is 0 Å². The van der Waals surface area contributed by atoms with Gasteiger partial charge in [-0.2, -0.15) is 0 Å². The largest absolute Gasteiger partial charge is 0.508 e. The Kier molecular flexibility index (Phi) is 3.14. The zero-order valence-corrected chi connectivity index (χ0v) is 9.32. The molecule has 1 unspecified atom stereocenters. The van der Waals surface area contributed by atoms with Crippen LogP contribution in [0.2, 0.25) is 0 Å². The normalized spacial score (nSPS) is 21.7. The standard InChI is InChI=1S/C13H19NO/c1-2-11-6-3-4-9-14(11)12-7-5-8-13(15)10-12/h5,7-8,10-11,15H,2-4,6,9H2,1H3. The number of anilines is 1. The molecule has 0 spiro atoms. The molecule has 15 heavy (non-hydrogen) atoms. The molecule has 1 aliphatic rings. The van der Waals surface area contributed by atoms with Crippen molar-refractivity contribution in [2.24, 2.45) is 0 Å². The van der Waals surface area contributed by atoms with E-state index in [1.165, 1.54) is 31.4 Å². The molecule has 2 nitrogen and oxygen atoms in total. The van der Waals surface area contributed by atoms with Gasteiger partial charge in [-0.3, -0.25) is 0 Å². The van der Waals surface area contributed by atoms with Crippen LogP contribution in [-0.4, -0.2) is 17.7 Å². The summed E-state index contributed by atoms with van der Waals surface area (Å²) in [4.78, 5) is 2.43. The molecule has 0 radical (unpaired) electrons. The third kappa shape index (κ3) is 2.25. The van der Waals surface area contributed by atoms with Gasteiger partial charge in [0.2, 0.25) is 0 Å². The van der Waals surface area contributed by atoms with Crippen molar-refractivity contribution in [3.05, 3.63) is 24.3 Å². The van der Waals surface area contributed by atoms with Gasteiger partial charge in [-0.05, 0) is 37.8 Å². The molecule has 1 atom stereocenters. The quantitative estimate of drug-likeness (QED) is 0.801. The second-order valence-corrected chi connectivity index (χ2v) is 4.27. The fraction of sp³-hybridized carbons (Fsp3) is 0.538. The highest BCUT2D eigenvalue weighted by molar-refractivity contribution is 5.51. The predicted octanol–water partition coefficient (Wildman–Crippen LogP) is 3.16.